The molecule has 0 fully saturated rings. The minimum absolute atomic E-state index is 0.135. The van der Waals surface area contributed by atoms with Crippen LogP contribution in [-0.2, 0) is 4.79 Å². The summed E-state index contributed by atoms with van der Waals surface area (Å²) >= 11 is 0. The number of nitriles is 1. The molecule has 1 amide bonds. The standard InChI is InChI=1S/C10H11N3O2/c11-5-7-2-1-3-8(4-7)13-10(15)9(14)6-12/h1-4,9,14H,6,12H2,(H,13,15). The number of amides is 1. The third-order valence-corrected chi connectivity index (χ3v) is 1.79. The molecule has 0 heterocycles. The van der Waals surface area contributed by atoms with Crippen molar-refractivity contribution in [3.8, 4) is 6.07 Å². The lowest BCUT2D eigenvalue weighted by Gasteiger charge is -2.08. The zero-order chi connectivity index (χ0) is 11.3. The van der Waals surface area contributed by atoms with Gasteiger partial charge in [-0.3, -0.25) is 4.79 Å². The van der Waals surface area contributed by atoms with E-state index in [1.165, 1.54) is 6.07 Å². The van der Waals surface area contributed by atoms with E-state index in [1.54, 1.807) is 18.2 Å². The number of nitrogens with two attached hydrogens (primary N) is 1. The summed E-state index contributed by atoms with van der Waals surface area (Å²) in [5.41, 5.74) is 6.02. The highest BCUT2D eigenvalue weighted by molar-refractivity contribution is 5.94. The summed E-state index contributed by atoms with van der Waals surface area (Å²) in [5.74, 6) is -0.576. The lowest BCUT2D eigenvalue weighted by atomic mass is 10.2. The highest BCUT2D eigenvalue weighted by Gasteiger charge is 2.12. The quantitative estimate of drug-likeness (QED) is 0.637. The number of hydrogen-bond acceptors (Lipinski definition) is 4. The minimum atomic E-state index is -1.23. The lowest BCUT2D eigenvalue weighted by molar-refractivity contribution is -0.123. The van der Waals surface area contributed by atoms with Gasteiger partial charge >= 0.3 is 0 Å². The van der Waals surface area contributed by atoms with Crippen molar-refractivity contribution in [2.24, 2.45) is 5.73 Å². The van der Waals surface area contributed by atoms with Crippen LogP contribution < -0.4 is 11.1 Å². The summed E-state index contributed by atoms with van der Waals surface area (Å²) in [6.45, 7) is -0.135. The van der Waals surface area contributed by atoms with Crippen LogP contribution >= 0.6 is 0 Å². The van der Waals surface area contributed by atoms with Crippen LogP contribution in [0.5, 0.6) is 0 Å². The fourth-order valence-corrected chi connectivity index (χ4v) is 0.999. The number of anilines is 1. The summed E-state index contributed by atoms with van der Waals surface area (Å²) in [5, 5.41) is 20.2. The molecule has 0 aromatic heterocycles. The van der Waals surface area contributed by atoms with Gasteiger partial charge in [0.1, 0.15) is 6.10 Å². The summed E-state index contributed by atoms with van der Waals surface area (Å²) in [6.07, 6.45) is -1.23. The third-order valence-electron chi connectivity index (χ3n) is 1.79. The Morgan fingerprint density at radius 3 is 3.00 bits per heavy atom. The van der Waals surface area contributed by atoms with Crippen molar-refractivity contribution in [3.63, 3.8) is 0 Å². The summed E-state index contributed by atoms with van der Waals surface area (Å²) in [7, 11) is 0. The molecule has 4 N–H and O–H groups in total. The molecule has 1 unspecified atom stereocenters. The number of carbonyl (C=O) groups is 1. The molecule has 78 valence electrons. The number of carbonyl (C=O) groups excluding carboxylic acids is 1. The van der Waals surface area contributed by atoms with Gasteiger partial charge in [0.05, 0.1) is 11.6 Å². The first-order valence-corrected chi connectivity index (χ1v) is 4.36. The highest BCUT2D eigenvalue weighted by atomic mass is 16.3. The third kappa shape index (κ3) is 3.06. The fourth-order valence-electron chi connectivity index (χ4n) is 0.999. The minimum Gasteiger partial charge on any atom is -0.382 e. The first-order valence-electron chi connectivity index (χ1n) is 4.36. The Bertz CT molecular complexity index is 398. The Morgan fingerprint density at radius 2 is 2.40 bits per heavy atom. The monoisotopic (exact) mass is 205 g/mol. The van der Waals surface area contributed by atoms with Crippen LogP contribution in [0, 0.1) is 11.3 Å². The normalized spacial score (nSPS) is 11.5. The van der Waals surface area contributed by atoms with Gasteiger partial charge in [0.15, 0.2) is 0 Å². The van der Waals surface area contributed by atoms with Crippen molar-refractivity contribution >= 4 is 11.6 Å². The number of rotatable bonds is 3. The van der Waals surface area contributed by atoms with Gasteiger partial charge in [-0.05, 0) is 18.2 Å². The molecule has 1 rings (SSSR count). The largest absolute Gasteiger partial charge is 0.382 e. The molecule has 0 saturated carbocycles. The summed E-state index contributed by atoms with van der Waals surface area (Å²) < 4.78 is 0. The van der Waals surface area contributed by atoms with E-state index in [4.69, 9.17) is 16.1 Å². The average Bonchev–Trinajstić information content (AvgIpc) is 2.28. The van der Waals surface area contributed by atoms with E-state index in [-0.39, 0.29) is 6.54 Å². The molecule has 1 aromatic carbocycles. The molecule has 0 saturated heterocycles. The van der Waals surface area contributed by atoms with E-state index >= 15 is 0 Å². The Labute approximate surface area is 87.1 Å². The highest BCUT2D eigenvalue weighted by Crippen LogP contribution is 2.09. The second-order valence-corrected chi connectivity index (χ2v) is 2.93. The van der Waals surface area contributed by atoms with Crippen LogP contribution in [0.3, 0.4) is 0 Å². The second-order valence-electron chi connectivity index (χ2n) is 2.93. The molecule has 0 aliphatic carbocycles. The van der Waals surface area contributed by atoms with Gasteiger partial charge in [-0.1, -0.05) is 6.07 Å². The van der Waals surface area contributed by atoms with E-state index in [1.807, 2.05) is 6.07 Å². The predicted octanol–water partition coefficient (Wildman–Crippen LogP) is -0.184. The zero-order valence-electron chi connectivity index (χ0n) is 7.97. The summed E-state index contributed by atoms with van der Waals surface area (Å²) in [6, 6.07) is 8.35. The molecular weight excluding hydrogens is 194 g/mol. The predicted molar refractivity (Wildman–Crippen MR) is 54.8 cm³/mol. The fraction of sp³-hybridized carbons (Fsp3) is 0.200. The van der Waals surface area contributed by atoms with Gasteiger partial charge in [0, 0.05) is 12.2 Å². The van der Waals surface area contributed by atoms with Gasteiger partial charge in [-0.15, -0.1) is 0 Å². The molecule has 0 radical (unpaired) electrons. The first-order chi connectivity index (χ1) is 7.17. The maximum Gasteiger partial charge on any atom is 0.254 e. The van der Waals surface area contributed by atoms with E-state index in [0.717, 1.165) is 0 Å². The Morgan fingerprint density at radius 1 is 1.67 bits per heavy atom. The lowest BCUT2D eigenvalue weighted by Crippen LogP contribution is -2.34. The van der Waals surface area contributed by atoms with Gasteiger partial charge in [0.25, 0.3) is 5.91 Å². The van der Waals surface area contributed by atoms with Gasteiger partial charge in [-0.25, -0.2) is 0 Å². The van der Waals surface area contributed by atoms with Crippen LogP contribution in [0.15, 0.2) is 24.3 Å². The maximum atomic E-state index is 11.2. The van der Waals surface area contributed by atoms with E-state index in [9.17, 15) is 4.79 Å². The molecular formula is C10H11N3O2. The number of benzene rings is 1. The van der Waals surface area contributed by atoms with E-state index < -0.39 is 12.0 Å². The molecule has 0 aliphatic heterocycles. The first kappa shape index (κ1) is 11.2. The van der Waals surface area contributed by atoms with Crippen LogP contribution in [0.4, 0.5) is 5.69 Å². The molecule has 15 heavy (non-hydrogen) atoms. The molecule has 0 bridgehead atoms. The van der Waals surface area contributed by atoms with Crippen molar-refractivity contribution in [1.29, 1.82) is 5.26 Å². The zero-order valence-corrected chi connectivity index (χ0v) is 7.97. The molecule has 1 aromatic rings. The van der Waals surface area contributed by atoms with Crippen molar-refractivity contribution in [1.82, 2.24) is 0 Å². The smallest absolute Gasteiger partial charge is 0.254 e. The number of hydrogen-bond donors (Lipinski definition) is 3. The molecule has 1 atom stereocenters. The number of nitrogens with one attached hydrogen (secondary N) is 1. The Kier molecular flexibility index (Phi) is 3.80. The van der Waals surface area contributed by atoms with Crippen LogP contribution in [-0.4, -0.2) is 23.7 Å². The average molecular weight is 205 g/mol. The number of aliphatic hydroxyl groups excluding tert-OH is 1. The van der Waals surface area contributed by atoms with Crippen LogP contribution in [0.1, 0.15) is 5.56 Å². The van der Waals surface area contributed by atoms with Crippen molar-refractivity contribution in [2.75, 3.05) is 11.9 Å². The van der Waals surface area contributed by atoms with Crippen molar-refractivity contribution in [3.05, 3.63) is 29.8 Å². The molecule has 5 heteroatoms. The number of nitrogens with zero attached hydrogens (tertiary/aromatic N) is 1. The van der Waals surface area contributed by atoms with E-state index in [0.29, 0.717) is 11.3 Å². The van der Waals surface area contributed by atoms with Crippen LogP contribution in [0.2, 0.25) is 0 Å². The van der Waals surface area contributed by atoms with E-state index in [2.05, 4.69) is 5.32 Å². The molecule has 0 spiro atoms. The SMILES string of the molecule is N#Cc1cccc(NC(=O)C(O)CN)c1. The summed E-state index contributed by atoms with van der Waals surface area (Å²) in [4.78, 5) is 11.2. The van der Waals surface area contributed by atoms with Crippen molar-refractivity contribution < 1.29 is 9.90 Å². The van der Waals surface area contributed by atoms with Gasteiger partial charge in [-0.2, -0.15) is 5.26 Å². The molecule has 5 nitrogen and oxygen atoms in total. The maximum absolute atomic E-state index is 11.2. The topological polar surface area (TPSA) is 99.1 Å². The van der Waals surface area contributed by atoms with Crippen molar-refractivity contribution in [2.45, 2.75) is 6.10 Å². The second kappa shape index (κ2) is 5.10. The Hall–Kier alpha value is -1.90. The van der Waals surface area contributed by atoms with Gasteiger partial charge < -0.3 is 16.2 Å². The van der Waals surface area contributed by atoms with Crippen LogP contribution in [0.25, 0.3) is 0 Å². The van der Waals surface area contributed by atoms with Gasteiger partial charge in [0.2, 0.25) is 0 Å². The number of aliphatic hydroxyl groups is 1. The molecule has 0 aliphatic rings. The Balaban J connectivity index is 2.73.